The van der Waals surface area contributed by atoms with E-state index in [0.29, 0.717) is 19.0 Å². The molecule has 0 saturated carbocycles. The summed E-state index contributed by atoms with van der Waals surface area (Å²) < 4.78 is 1.75. The zero-order valence-corrected chi connectivity index (χ0v) is 17.6. The number of amides is 3. The summed E-state index contributed by atoms with van der Waals surface area (Å²) in [7, 11) is 1.84. The van der Waals surface area contributed by atoms with Crippen molar-refractivity contribution < 1.29 is 14.7 Å². The van der Waals surface area contributed by atoms with Crippen LogP contribution in [0.5, 0.6) is 0 Å². The molecule has 2 heterocycles. The van der Waals surface area contributed by atoms with Crippen LogP contribution in [-0.2, 0) is 11.8 Å². The van der Waals surface area contributed by atoms with Gasteiger partial charge in [-0.25, -0.2) is 4.79 Å². The molecular formula is C23H30N4O3. The summed E-state index contributed by atoms with van der Waals surface area (Å²) in [5, 5.41) is 16.5. The molecule has 7 nitrogen and oxygen atoms in total. The van der Waals surface area contributed by atoms with Crippen LogP contribution in [-0.4, -0.2) is 40.0 Å². The van der Waals surface area contributed by atoms with Crippen LogP contribution in [0.3, 0.4) is 0 Å². The van der Waals surface area contributed by atoms with Crippen LogP contribution >= 0.6 is 0 Å². The van der Waals surface area contributed by atoms with Crippen molar-refractivity contribution in [3.05, 3.63) is 23.8 Å². The van der Waals surface area contributed by atoms with Gasteiger partial charge in [0.15, 0.2) is 5.82 Å². The number of carbonyl (C=O) groups excluding carboxylic acids is 2. The van der Waals surface area contributed by atoms with Crippen molar-refractivity contribution in [3.63, 3.8) is 0 Å². The third-order valence-corrected chi connectivity index (χ3v) is 5.33. The van der Waals surface area contributed by atoms with E-state index in [9.17, 15) is 9.59 Å². The van der Waals surface area contributed by atoms with E-state index in [4.69, 9.17) is 5.11 Å². The summed E-state index contributed by atoms with van der Waals surface area (Å²) in [5.41, 5.74) is 1.84. The fourth-order valence-electron chi connectivity index (χ4n) is 3.66. The molecule has 2 N–H and O–H groups in total. The van der Waals surface area contributed by atoms with E-state index >= 15 is 0 Å². The zero-order valence-electron chi connectivity index (χ0n) is 17.6. The topological polar surface area (TPSA) is 87.5 Å². The molecule has 0 unspecified atom stereocenters. The number of nitrogens with one attached hydrogen (secondary N) is 1. The summed E-state index contributed by atoms with van der Waals surface area (Å²) in [4.78, 5) is 25.1. The van der Waals surface area contributed by atoms with Gasteiger partial charge in [0.25, 0.3) is 0 Å². The van der Waals surface area contributed by atoms with E-state index in [-0.39, 0.29) is 12.3 Å². The quantitative estimate of drug-likeness (QED) is 0.489. The number of imide groups is 1. The Bertz CT molecular complexity index is 954. The predicted molar refractivity (Wildman–Crippen MR) is 117 cm³/mol. The molecular weight excluding hydrogens is 380 g/mol. The Morgan fingerprint density at radius 1 is 1.10 bits per heavy atom. The van der Waals surface area contributed by atoms with Crippen LogP contribution in [0.25, 0.3) is 10.9 Å². The minimum Gasteiger partial charge on any atom is -0.396 e. The van der Waals surface area contributed by atoms with E-state index in [1.807, 2.05) is 25.2 Å². The lowest BCUT2D eigenvalue weighted by Crippen LogP contribution is -2.49. The number of urea groups is 1. The second kappa shape index (κ2) is 10.8. The van der Waals surface area contributed by atoms with Crippen LogP contribution in [0, 0.1) is 11.8 Å². The molecule has 160 valence electrons. The number of aryl methyl sites for hydroxylation is 1. The summed E-state index contributed by atoms with van der Waals surface area (Å²) >= 11 is 0. The fraction of sp³-hybridized carbons (Fsp3) is 0.522. The predicted octanol–water partition coefficient (Wildman–Crippen LogP) is 3.48. The molecule has 1 aromatic carbocycles. The molecule has 1 saturated heterocycles. The number of aliphatic hydroxyl groups excluding tert-OH is 1. The average Bonchev–Trinajstić information content (AvgIpc) is 3.05. The van der Waals surface area contributed by atoms with Crippen LogP contribution in [0.15, 0.2) is 18.2 Å². The lowest BCUT2D eigenvalue weighted by Gasteiger charge is -2.24. The Morgan fingerprint density at radius 2 is 1.83 bits per heavy atom. The molecule has 0 bridgehead atoms. The van der Waals surface area contributed by atoms with E-state index in [1.165, 1.54) is 30.6 Å². The van der Waals surface area contributed by atoms with Gasteiger partial charge in [-0.05, 0) is 31.0 Å². The monoisotopic (exact) mass is 410 g/mol. The number of aliphatic hydroxyl groups is 1. The molecule has 0 spiro atoms. The summed E-state index contributed by atoms with van der Waals surface area (Å²) in [6, 6.07) is 5.46. The number of hydrogen-bond donors (Lipinski definition) is 2. The van der Waals surface area contributed by atoms with Crippen molar-refractivity contribution in [2.75, 3.05) is 18.1 Å². The molecule has 1 aliphatic heterocycles. The number of hydrogen-bond acceptors (Lipinski definition) is 4. The number of fused-ring (bicyclic) bond motifs is 1. The normalized spacial score (nSPS) is 14.0. The highest BCUT2D eigenvalue weighted by Gasteiger charge is 2.27. The van der Waals surface area contributed by atoms with Gasteiger partial charge in [-0.3, -0.25) is 19.7 Å². The zero-order chi connectivity index (χ0) is 21.3. The van der Waals surface area contributed by atoms with Gasteiger partial charge in [0.05, 0.1) is 5.52 Å². The van der Waals surface area contributed by atoms with Crippen molar-refractivity contribution >= 4 is 28.7 Å². The average molecular weight is 411 g/mol. The number of anilines is 1. The van der Waals surface area contributed by atoms with Crippen molar-refractivity contribution in [1.82, 2.24) is 15.1 Å². The molecule has 3 rings (SSSR count). The molecule has 3 amide bonds. The number of unbranched alkanes of at least 4 members (excludes halogenated alkanes) is 7. The first-order valence-electron chi connectivity index (χ1n) is 10.8. The maximum atomic E-state index is 12.2. The number of nitrogens with zero attached hydrogens (tertiary/aromatic N) is 3. The summed E-state index contributed by atoms with van der Waals surface area (Å²) in [6.07, 6.45) is 9.15. The number of aromatic nitrogens is 2. The Kier molecular flexibility index (Phi) is 7.86. The largest absolute Gasteiger partial charge is 0.396 e. The first kappa shape index (κ1) is 21.8. The van der Waals surface area contributed by atoms with Gasteiger partial charge in [0.1, 0.15) is 0 Å². The maximum absolute atomic E-state index is 12.2. The van der Waals surface area contributed by atoms with Gasteiger partial charge < -0.3 is 5.11 Å². The SMILES string of the molecule is Cn1nc(N2CCC(=O)NC2=O)c2ccc(C#CCCCCCCCCCO)cc21. The second-order valence-electron chi connectivity index (χ2n) is 7.68. The third-order valence-electron chi connectivity index (χ3n) is 5.33. The van der Waals surface area contributed by atoms with E-state index in [2.05, 4.69) is 22.3 Å². The molecule has 30 heavy (non-hydrogen) atoms. The first-order valence-corrected chi connectivity index (χ1v) is 10.8. The highest BCUT2D eigenvalue weighted by Crippen LogP contribution is 2.27. The number of rotatable bonds is 9. The molecule has 2 aromatic rings. The van der Waals surface area contributed by atoms with Crippen LogP contribution in [0.1, 0.15) is 63.4 Å². The van der Waals surface area contributed by atoms with Gasteiger partial charge in [0.2, 0.25) is 5.91 Å². The number of benzene rings is 1. The summed E-state index contributed by atoms with van der Waals surface area (Å²) in [5.74, 6) is 6.80. The van der Waals surface area contributed by atoms with Gasteiger partial charge in [-0.15, -0.1) is 0 Å². The third kappa shape index (κ3) is 5.61. The van der Waals surface area contributed by atoms with E-state index in [1.54, 1.807) is 4.68 Å². The van der Waals surface area contributed by atoms with Crippen molar-refractivity contribution in [1.29, 1.82) is 0 Å². The summed E-state index contributed by atoms with van der Waals surface area (Å²) in [6.45, 7) is 0.635. The fourth-order valence-corrected chi connectivity index (χ4v) is 3.66. The second-order valence-corrected chi connectivity index (χ2v) is 7.68. The standard InChI is InChI=1S/C23H30N4O3/c1-26-20-17-18(11-9-7-5-3-2-4-6-8-10-16-28)12-13-19(20)22(25-26)27-15-14-21(29)24-23(27)30/h12-13,17,28H,2-8,10,14-16H2,1H3,(H,24,29,30). The molecule has 1 fully saturated rings. The van der Waals surface area contributed by atoms with Gasteiger partial charge in [-0.2, -0.15) is 5.10 Å². The van der Waals surface area contributed by atoms with Crippen LogP contribution in [0.4, 0.5) is 10.6 Å². The molecule has 0 atom stereocenters. The van der Waals surface area contributed by atoms with Gasteiger partial charge in [-0.1, -0.05) is 43.9 Å². The Labute approximate surface area is 177 Å². The first-order chi connectivity index (χ1) is 14.6. The van der Waals surface area contributed by atoms with Gasteiger partial charge in [0, 0.05) is 44.0 Å². The van der Waals surface area contributed by atoms with Crippen molar-refractivity contribution in [2.45, 2.75) is 57.8 Å². The highest BCUT2D eigenvalue weighted by atomic mass is 16.3. The van der Waals surface area contributed by atoms with Crippen molar-refractivity contribution in [2.24, 2.45) is 7.05 Å². The lowest BCUT2D eigenvalue weighted by atomic mass is 10.1. The Morgan fingerprint density at radius 3 is 2.57 bits per heavy atom. The molecule has 7 heteroatoms. The molecule has 0 radical (unpaired) electrons. The van der Waals surface area contributed by atoms with E-state index < -0.39 is 6.03 Å². The van der Waals surface area contributed by atoms with Crippen LogP contribution < -0.4 is 10.2 Å². The molecule has 1 aliphatic rings. The number of carbonyl (C=O) groups is 2. The van der Waals surface area contributed by atoms with Crippen molar-refractivity contribution in [3.8, 4) is 11.8 Å². The molecule has 1 aromatic heterocycles. The lowest BCUT2D eigenvalue weighted by molar-refractivity contribution is -0.120. The highest BCUT2D eigenvalue weighted by molar-refractivity contribution is 6.08. The smallest absolute Gasteiger partial charge is 0.329 e. The maximum Gasteiger partial charge on any atom is 0.329 e. The van der Waals surface area contributed by atoms with Crippen LogP contribution in [0.2, 0.25) is 0 Å². The minimum atomic E-state index is -0.427. The molecule has 0 aliphatic carbocycles. The van der Waals surface area contributed by atoms with Gasteiger partial charge >= 0.3 is 6.03 Å². The Hall–Kier alpha value is -2.85. The Balaban J connectivity index is 1.55. The minimum absolute atomic E-state index is 0.254. The van der Waals surface area contributed by atoms with E-state index in [0.717, 1.165) is 42.1 Å².